The molecule has 0 aromatic carbocycles. The lowest BCUT2D eigenvalue weighted by Gasteiger charge is -2.27. The van der Waals surface area contributed by atoms with E-state index in [0.717, 1.165) is 25.9 Å². The molecular formula is C13H18O2S. The zero-order valence-electron chi connectivity index (χ0n) is 9.43. The summed E-state index contributed by atoms with van der Waals surface area (Å²) in [7, 11) is 0. The van der Waals surface area contributed by atoms with E-state index in [9.17, 15) is 0 Å². The lowest BCUT2D eigenvalue weighted by atomic mass is 10.1. The van der Waals surface area contributed by atoms with Crippen LogP contribution in [-0.4, -0.2) is 12.9 Å². The number of hydrogen-bond donors (Lipinski definition) is 0. The van der Waals surface area contributed by atoms with E-state index in [2.05, 4.69) is 23.4 Å². The first-order valence-corrected chi connectivity index (χ1v) is 6.74. The van der Waals surface area contributed by atoms with Crippen LogP contribution in [0.2, 0.25) is 0 Å². The molecule has 2 heterocycles. The van der Waals surface area contributed by atoms with Gasteiger partial charge in [-0.25, -0.2) is 0 Å². The minimum atomic E-state index is -0.0291. The summed E-state index contributed by atoms with van der Waals surface area (Å²) in [6.45, 7) is 4.61. The first kappa shape index (κ1) is 11.8. The van der Waals surface area contributed by atoms with E-state index in [1.807, 2.05) is 6.08 Å². The molecule has 1 aromatic heterocycles. The van der Waals surface area contributed by atoms with Crippen LogP contribution in [-0.2, 0) is 9.47 Å². The molecule has 1 aliphatic heterocycles. The maximum atomic E-state index is 5.99. The molecule has 1 aromatic rings. The molecule has 88 valence electrons. The van der Waals surface area contributed by atoms with Gasteiger partial charge in [0, 0.05) is 6.61 Å². The first-order valence-electron chi connectivity index (χ1n) is 5.80. The molecule has 0 saturated carbocycles. The quantitative estimate of drug-likeness (QED) is 0.724. The van der Waals surface area contributed by atoms with E-state index in [1.54, 1.807) is 11.3 Å². The van der Waals surface area contributed by atoms with Crippen LogP contribution in [0.5, 0.6) is 0 Å². The molecule has 2 nitrogen and oxygen atoms in total. The molecule has 3 heteroatoms. The van der Waals surface area contributed by atoms with E-state index in [0.29, 0.717) is 0 Å². The van der Waals surface area contributed by atoms with Gasteiger partial charge in [0.1, 0.15) is 0 Å². The Hall–Kier alpha value is -0.640. The topological polar surface area (TPSA) is 18.5 Å². The summed E-state index contributed by atoms with van der Waals surface area (Å²) in [5.41, 5.74) is 1.24. The van der Waals surface area contributed by atoms with Crippen LogP contribution in [0.1, 0.15) is 37.4 Å². The second-order valence-electron chi connectivity index (χ2n) is 4.00. The SMILES string of the molecule is C=CCC(OC1CCCCO1)c1ccsc1. The largest absolute Gasteiger partial charge is 0.353 e. The third kappa shape index (κ3) is 3.17. The van der Waals surface area contributed by atoms with Gasteiger partial charge in [-0.2, -0.15) is 11.3 Å². The molecule has 0 amide bonds. The summed E-state index contributed by atoms with van der Waals surface area (Å²) in [5.74, 6) is 0. The minimum absolute atomic E-state index is 0.0291. The number of hydrogen-bond acceptors (Lipinski definition) is 3. The van der Waals surface area contributed by atoms with Crippen LogP contribution in [0.25, 0.3) is 0 Å². The van der Waals surface area contributed by atoms with Crippen LogP contribution in [0.3, 0.4) is 0 Å². The Kier molecular flexibility index (Phi) is 4.57. The average molecular weight is 238 g/mol. The zero-order chi connectivity index (χ0) is 11.2. The van der Waals surface area contributed by atoms with Crippen LogP contribution >= 0.6 is 11.3 Å². The molecule has 0 bridgehead atoms. The van der Waals surface area contributed by atoms with Crippen molar-refractivity contribution in [3.63, 3.8) is 0 Å². The van der Waals surface area contributed by atoms with Gasteiger partial charge in [0.15, 0.2) is 6.29 Å². The fraction of sp³-hybridized carbons (Fsp3) is 0.538. The van der Waals surface area contributed by atoms with Crippen LogP contribution < -0.4 is 0 Å². The van der Waals surface area contributed by atoms with Gasteiger partial charge in [-0.3, -0.25) is 0 Å². The molecule has 16 heavy (non-hydrogen) atoms. The molecule has 0 spiro atoms. The molecule has 0 N–H and O–H groups in total. The molecule has 1 aliphatic rings. The average Bonchev–Trinajstić information content (AvgIpc) is 2.83. The highest BCUT2D eigenvalue weighted by Crippen LogP contribution is 2.28. The Morgan fingerprint density at radius 3 is 3.19 bits per heavy atom. The lowest BCUT2D eigenvalue weighted by Crippen LogP contribution is -2.24. The Morgan fingerprint density at radius 2 is 2.56 bits per heavy atom. The minimum Gasteiger partial charge on any atom is -0.353 e. The Labute approximate surface area is 101 Å². The summed E-state index contributed by atoms with van der Waals surface area (Å²) >= 11 is 1.70. The van der Waals surface area contributed by atoms with Gasteiger partial charge in [0.05, 0.1) is 6.10 Å². The molecule has 1 fully saturated rings. The molecule has 0 radical (unpaired) electrons. The summed E-state index contributed by atoms with van der Waals surface area (Å²) < 4.78 is 11.6. The highest BCUT2D eigenvalue weighted by atomic mass is 32.1. The van der Waals surface area contributed by atoms with Crippen molar-refractivity contribution in [2.45, 2.75) is 38.1 Å². The van der Waals surface area contributed by atoms with Crippen molar-refractivity contribution in [3.8, 4) is 0 Å². The monoisotopic (exact) mass is 238 g/mol. The zero-order valence-corrected chi connectivity index (χ0v) is 10.2. The van der Waals surface area contributed by atoms with Crippen molar-refractivity contribution in [1.29, 1.82) is 0 Å². The Bertz CT molecular complexity index is 302. The predicted molar refractivity (Wildman–Crippen MR) is 66.6 cm³/mol. The van der Waals surface area contributed by atoms with Crippen LogP contribution in [0, 0.1) is 0 Å². The summed E-state index contributed by atoms with van der Waals surface area (Å²) in [6.07, 6.45) is 6.20. The second-order valence-corrected chi connectivity index (χ2v) is 4.78. The third-order valence-electron chi connectivity index (χ3n) is 2.75. The standard InChI is InChI=1S/C13H18O2S/c1-2-5-12(11-7-9-16-10-11)15-13-6-3-4-8-14-13/h2,7,9-10,12-13H,1,3-6,8H2. The van der Waals surface area contributed by atoms with Crippen molar-refractivity contribution in [2.75, 3.05) is 6.61 Å². The summed E-state index contributed by atoms with van der Waals surface area (Å²) in [5, 5.41) is 4.22. The van der Waals surface area contributed by atoms with E-state index >= 15 is 0 Å². The number of rotatable bonds is 5. The first-order chi connectivity index (χ1) is 7.90. The maximum absolute atomic E-state index is 5.99. The smallest absolute Gasteiger partial charge is 0.158 e. The maximum Gasteiger partial charge on any atom is 0.158 e. The molecule has 2 rings (SSSR count). The van der Waals surface area contributed by atoms with Crippen molar-refractivity contribution < 1.29 is 9.47 Å². The summed E-state index contributed by atoms with van der Waals surface area (Å²) in [6, 6.07) is 2.11. The van der Waals surface area contributed by atoms with E-state index in [4.69, 9.17) is 9.47 Å². The molecule has 0 aliphatic carbocycles. The molecule has 2 unspecified atom stereocenters. The van der Waals surface area contributed by atoms with Crippen molar-refractivity contribution in [2.24, 2.45) is 0 Å². The summed E-state index contributed by atoms with van der Waals surface area (Å²) in [4.78, 5) is 0. The van der Waals surface area contributed by atoms with E-state index in [-0.39, 0.29) is 12.4 Å². The Balaban J connectivity index is 1.94. The van der Waals surface area contributed by atoms with Crippen molar-refractivity contribution in [1.82, 2.24) is 0 Å². The van der Waals surface area contributed by atoms with Gasteiger partial charge in [0.25, 0.3) is 0 Å². The molecule has 1 saturated heterocycles. The van der Waals surface area contributed by atoms with Gasteiger partial charge in [0.2, 0.25) is 0 Å². The van der Waals surface area contributed by atoms with Gasteiger partial charge in [-0.05, 0) is 48.1 Å². The number of thiophene rings is 1. The van der Waals surface area contributed by atoms with Crippen molar-refractivity contribution >= 4 is 11.3 Å². The fourth-order valence-corrected chi connectivity index (χ4v) is 2.58. The fourth-order valence-electron chi connectivity index (χ4n) is 1.88. The van der Waals surface area contributed by atoms with Gasteiger partial charge < -0.3 is 9.47 Å². The van der Waals surface area contributed by atoms with Crippen LogP contribution in [0.4, 0.5) is 0 Å². The lowest BCUT2D eigenvalue weighted by molar-refractivity contribution is -0.189. The molecular weight excluding hydrogens is 220 g/mol. The highest BCUT2D eigenvalue weighted by molar-refractivity contribution is 7.07. The third-order valence-corrected chi connectivity index (χ3v) is 3.45. The predicted octanol–water partition coefficient (Wildman–Crippen LogP) is 3.91. The van der Waals surface area contributed by atoms with Crippen LogP contribution in [0.15, 0.2) is 29.5 Å². The van der Waals surface area contributed by atoms with Crippen molar-refractivity contribution in [3.05, 3.63) is 35.0 Å². The Morgan fingerprint density at radius 1 is 1.62 bits per heavy atom. The number of ether oxygens (including phenoxy) is 2. The highest BCUT2D eigenvalue weighted by Gasteiger charge is 2.20. The normalized spacial score (nSPS) is 22.9. The second kappa shape index (κ2) is 6.18. The molecule has 2 atom stereocenters. The van der Waals surface area contributed by atoms with Gasteiger partial charge >= 0.3 is 0 Å². The van der Waals surface area contributed by atoms with E-state index < -0.39 is 0 Å². The van der Waals surface area contributed by atoms with Gasteiger partial charge in [-0.15, -0.1) is 6.58 Å². The van der Waals surface area contributed by atoms with E-state index in [1.165, 1.54) is 12.0 Å². The van der Waals surface area contributed by atoms with Gasteiger partial charge in [-0.1, -0.05) is 6.08 Å².